The Hall–Kier alpha value is -1.72. The van der Waals surface area contributed by atoms with E-state index in [1.165, 1.54) is 17.0 Å². The number of nitrogen functional groups attached to an aromatic ring is 1. The Labute approximate surface area is 115 Å². The van der Waals surface area contributed by atoms with Crippen LogP contribution in [0.1, 0.15) is 41.6 Å². The first-order chi connectivity index (χ1) is 9.32. The summed E-state index contributed by atoms with van der Waals surface area (Å²) in [7, 11) is 1.62. The lowest BCUT2D eigenvalue weighted by Crippen LogP contribution is -2.35. The number of hydrogen-bond donors (Lipinski definition) is 1. The fourth-order valence-electron chi connectivity index (χ4n) is 2.65. The van der Waals surface area contributed by atoms with Gasteiger partial charge in [-0.3, -0.25) is 4.79 Å². The molecule has 0 aromatic heterocycles. The van der Waals surface area contributed by atoms with Crippen molar-refractivity contribution in [3.8, 4) is 0 Å². The standard InChI is InChI=1S/C14H17F3N2O/c1-19(9-5-2-3-6-9)13(20)10-7-4-8-11(12(10)18)14(15,16)17/h4,7-9H,2-3,5-6,18H2,1H3. The topological polar surface area (TPSA) is 46.3 Å². The summed E-state index contributed by atoms with van der Waals surface area (Å²) >= 11 is 0. The van der Waals surface area contributed by atoms with Crippen LogP contribution in [0.4, 0.5) is 18.9 Å². The third-order valence-corrected chi connectivity index (χ3v) is 3.83. The van der Waals surface area contributed by atoms with Gasteiger partial charge >= 0.3 is 6.18 Å². The molecule has 0 aliphatic heterocycles. The molecule has 0 bridgehead atoms. The highest BCUT2D eigenvalue weighted by molar-refractivity contribution is 5.99. The summed E-state index contributed by atoms with van der Waals surface area (Å²) in [6, 6.07) is 3.55. The minimum absolute atomic E-state index is 0.0748. The van der Waals surface area contributed by atoms with Crippen molar-refractivity contribution >= 4 is 11.6 Å². The van der Waals surface area contributed by atoms with Crippen molar-refractivity contribution in [3.63, 3.8) is 0 Å². The molecular weight excluding hydrogens is 269 g/mol. The largest absolute Gasteiger partial charge is 0.418 e. The number of carbonyl (C=O) groups is 1. The molecule has 1 fully saturated rings. The quantitative estimate of drug-likeness (QED) is 0.848. The van der Waals surface area contributed by atoms with Crippen molar-refractivity contribution in [2.45, 2.75) is 37.9 Å². The molecule has 110 valence electrons. The first-order valence-electron chi connectivity index (χ1n) is 6.55. The zero-order valence-electron chi connectivity index (χ0n) is 11.2. The van der Waals surface area contributed by atoms with E-state index in [1.807, 2.05) is 0 Å². The Kier molecular flexibility index (Phi) is 3.92. The molecule has 1 aliphatic carbocycles. The highest BCUT2D eigenvalue weighted by Gasteiger charge is 2.35. The van der Waals surface area contributed by atoms with Crippen molar-refractivity contribution in [1.29, 1.82) is 0 Å². The maximum Gasteiger partial charge on any atom is 0.418 e. The molecule has 1 saturated carbocycles. The number of alkyl halides is 3. The minimum atomic E-state index is -4.55. The molecule has 1 aromatic rings. The number of hydrogen-bond acceptors (Lipinski definition) is 2. The summed E-state index contributed by atoms with van der Waals surface area (Å²) in [6.45, 7) is 0. The molecule has 0 heterocycles. The number of amides is 1. The third-order valence-electron chi connectivity index (χ3n) is 3.83. The van der Waals surface area contributed by atoms with E-state index in [0.29, 0.717) is 0 Å². The number of nitrogens with zero attached hydrogens (tertiary/aromatic N) is 1. The van der Waals surface area contributed by atoms with Crippen LogP contribution in [-0.2, 0) is 6.18 Å². The van der Waals surface area contributed by atoms with Crippen molar-refractivity contribution in [2.75, 3.05) is 12.8 Å². The van der Waals surface area contributed by atoms with Crippen molar-refractivity contribution in [3.05, 3.63) is 29.3 Å². The Balaban J connectivity index is 2.30. The minimum Gasteiger partial charge on any atom is -0.398 e. The van der Waals surface area contributed by atoms with Gasteiger partial charge in [-0.2, -0.15) is 13.2 Å². The number of rotatable bonds is 2. The average Bonchev–Trinajstić information content (AvgIpc) is 2.89. The predicted octanol–water partition coefficient (Wildman–Crippen LogP) is 3.30. The first kappa shape index (κ1) is 14.7. The molecule has 1 aromatic carbocycles. The Bertz CT molecular complexity index is 508. The van der Waals surface area contributed by atoms with E-state index in [0.717, 1.165) is 31.7 Å². The normalized spacial score (nSPS) is 16.4. The Morgan fingerprint density at radius 1 is 1.30 bits per heavy atom. The molecule has 1 amide bonds. The lowest BCUT2D eigenvalue weighted by molar-refractivity contribution is -0.136. The summed E-state index contributed by atoms with van der Waals surface area (Å²) in [6.07, 6.45) is -0.685. The van der Waals surface area contributed by atoms with Crippen LogP contribution in [0.15, 0.2) is 18.2 Å². The molecule has 2 rings (SSSR count). The fourth-order valence-corrected chi connectivity index (χ4v) is 2.65. The van der Waals surface area contributed by atoms with E-state index in [9.17, 15) is 18.0 Å². The van der Waals surface area contributed by atoms with Crippen LogP contribution in [0.2, 0.25) is 0 Å². The number of para-hydroxylation sites is 1. The number of benzene rings is 1. The molecule has 1 aliphatic rings. The maximum atomic E-state index is 12.8. The summed E-state index contributed by atoms with van der Waals surface area (Å²) in [5.74, 6) is -0.444. The smallest absolute Gasteiger partial charge is 0.398 e. The lowest BCUT2D eigenvalue weighted by Gasteiger charge is -2.25. The van der Waals surface area contributed by atoms with E-state index in [-0.39, 0.29) is 11.6 Å². The zero-order valence-corrected chi connectivity index (χ0v) is 11.2. The summed E-state index contributed by atoms with van der Waals surface area (Å²) < 4.78 is 38.4. The number of halogens is 3. The second kappa shape index (κ2) is 5.34. The molecule has 0 unspecified atom stereocenters. The van der Waals surface area contributed by atoms with Crippen molar-refractivity contribution in [2.24, 2.45) is 0 Å². The lowest BCUT2D eigenvalue weighted by atomic mass is 10.0. The summed E-state index contributed by atoms with van der Waals surface area (Å²) in [5, 5.41) is 0. The third kappa shape index (κ3) is 2.73. The van der Waals surface area contributed by atoms with Gasteiger partial charge in [0.15, 0.2) is 0 Å². The van der Waals surface area contributed by atoms with Crippen LogP contribution in [0.25, 0.3) is 0 Å². The van der Waals surface area contributed by atoms with E-state index >= 15 is 0 Å². The zero-order chi connectivity index (χ0) is 14.9. The molecule has 0 saturated heterocycles. The maximum absolute atomic E-state index is 12.8. The highest BCUT2D eigenvalue weighted by atomic mass is 19.4. The van der Waals surface area contributed by atoms with E-state index in [4.69, 9.17) is 5.73 Å². The van der Waals surface area contributed by atoms with Gasteiger partial charge in [0.05, 0.1) is 16.8 Å². The molecule has 2 N–H and O–H groups in total. The van der Waals surface area contributed by atoms with Gasteiger partial charge in [0.1, 0.15) is 0 Å². The van der Waals surface area contributed by atoms with Gasteiger partial charge in [0, 0.05) is 13.1 Å². The average molecular weight is 286 g/mol. The van der Waals surface area contributed by atoms with Crippen molar-refractivity contribution < 1.29 is 18.0 Å². The van der Waals surface area contributed by atoms with Gasteiger partial charge in [-0.25, -0.2) is 0 Å². The second-order valence-corrected chi connectivity index (χ2v) is 5.12. The van der Waals surface area contributed by atoms with E-state index in [1.54, 1.807) is 7.05 Å². The van der Waals surface area contributed by atoms with Crippen LogP contribution in [0, 0.1) is 0 Å². The monoisotopic (exact) mass is 286 g/mol. The van der Waals surface area contributed by atoms with Gasteiger partial charge in [0.25, 0.3) is 5.91 Å². The van der Waals surface area contributed by atoms with Crippen LogP contribution in [-0.4, -0.2) is 23.9 Å². The number of nitrogens with two attached hydrogens (primary N) is 1. The van der Waals surface area contributed by atoms with Gasteiger partial charge in [-0.15, -0.1) is 0 Å². The molecule has 0 atom stereocenters. The molecule has 6 heteroatoms. The summed E-state index contributed by atoms with van der Waals surface area (Å²) in [5.41, 5.74) is 4.02. The second-order valence-electron chi connectivity index (χ2n) is 5.12. The SMILES string of the molecule is CN(C(=O)c1cccc(C(F)(F)F)c1N)C1CCCC1. The predicted molar refractivity (Wildman–Crippen MR) is 70.2 cm³/mol. The van der Waals surface area contributed by atoms with Gasteiger partial charge in [0.2, 0.25) is 0 Å². The van der Waals surface area contributed by atoms with E-state index in [2.05, 4.69) is 0 Å². The van der Waals surface area contributed by atoms with Gasteiger partial charge in [-0.05, 0) is 25.0 Å². The van der Waals surface area contributed by atoms with Crippen LogP contribution in [0.5, 0.6) is 0 Å². The molecule has 0 radical (unpaired) electrons. The van der Waals surface area contributed by atoms with Gasteiger partial charge < -0.3 is 10.6 Å². The highest BCUT2D eigenvalue weighted by Crippen LogP contribution is 2.35. The molecule has 3 nitrogen and oxygen atoms in total. The van der Waals surface area contributed by atoms with E-state index < -0.39 is 23.3 Å². The molecule has 20 heavy (non-hydrogen) atoms. The van der Waals surface area contributed by atoms with Crippen molar-refractivity contribution in [1.82, 2.24) is 4.90 Å². The Morgan fingerprint density at radius 2 is 1.90 bits per heavy atom. The molecular formula is C14H17F3N2O. The number of anilines is 1. The number of carbonyl (C=O) groups excluding carboxylic acids is 1. The van der Waals surface area contributed by atoms with Crippen LogP contribution in [0.3, 0.4) is 0 Å². The molecule has 0 spiro atoms. The first-order valence-corrected chi connectivity index (χ1v) is 6.55. The van der Waals surface area contributed by atoms with Crippen LogP contribution < -0.4 is 5.73 Å². The Morgan fingerprint density at radius 3 is 2.45 bits per heavy atom. The fraction of sp³-hybridized carbons (Fsp3) is 0.500. The summed E-state index contributed by atoms with van der Waals surface area (Å²) in [4.78, 5) is 13.8. The van der Waals surface area contributed by atoms with Gasteiger partial charge in [-0.1, -0.05) is 18.9 Å². The van der Waals surface area contributed by atoms with Crippen LogP contribution >= 0.6 is 0 Å².